The average Bonchev–Trinajstić information content (AvgIpc) is 2.58. The third-order valence-corrected chi connectivity index (χ3v) is 6.94. The van der Waals surface area contributed by atoms with Crippen molar-refractivity contribution in [2.75, 3.05) is 25.2 Å². The fourth-order valence-corrected chi connectivity index (χ4v) is 5.99. The predicted octanol–water partition coefficient (Wildman–Crippen LogP) is 5.12. The molecule has 4 nitrogen and oxygen atoms in total. The Kier molecular flexibility index (Phi) is 3.61. The van der Waals surface area contributed by atoms with Crippen LogP contribution in [0.3, 0.4) is 0 Å². The van der Waals surface area contributed by atoms with E-state index in [1.807, 2.05) is 43.4 Å². The molecule has 0 bridgehead atoms. The zero-order chi connectivity index (χ0) is 16.9. The lowest BCUT2D eigenvalue weighted by Gasteiger charge is -2.41. The summed E-state index contributed by atoms with van der Waals surface area (Å²) in [5.41, 5.74) is 3.61. The number of hydrogen-bond acceptors (Lipinski definition) is 4. The van der Waals surface area contributed by atoms with Crippen LogP contribution in [0.5, 0.6) is 0 Å². The van der Waals surface area contributed by atoms with Gasteiger partial charge in [-0.3, -0.25) is 4.57 Å². The van der Waals surface area contributed by atoms with E-state index in [9.17, 15) is 4.57 Å². The smallest absolute Gasteiger partial charge is 0.342 e. The number of benzene rings is 2. The highest BCUT2D eigenvalue weighted by molar-refractivity contribution is 7.54. The molecule has 0 N–H and O–H groups in total. The number of hydrogen-bond donors (Lipinski definition) is 0. The maximum atomic E-state index is 13.6. The number of fused-ring (bicyclic) bond motifs is 2. The van der Waals surface area contributed by atoms with E-state index in [0.29, 0.717) is 13.2 Å². The second-order valence-electron chi connectivity index (χ2n) is 7.33. The van der Waals surface area contributed by atoms with Gasteiger partial charge in [-0.15, -0.1) is 0 Å². The zero-order valence-electron chi connectivity index (χ0n) is 14.2. The molecule has 0 amide bonds. The van der Waals surface area contributed by atoms with Gasteiger partial charge in [0.25, 0.3) is 0 Å². The summed E-state index contributed by atoms with van der Waals surface area (Å²) in [6.07, 6.45) is 0. The van der Waals surface area contributed by atoms with Gasteiger partial charge >= 0.3 is 7.60 Å². The van der Waals surface area contributed by atoms with Crippen LogP contribution in [0.4, 0.5) is 11.4 Å². The fourth-order valence-electron chi connectivity index (χ4n) is 3.44. The van der Waals surface area contributed by atoms with Crippen LogP contribution in [0.1, 0.15) is 30.6 Å². The Morgan fingerprint density at radius 2 is 1.42 bits per heavy atom. The van der Waals surface area contributed by atoms with E-state index < -0.39 is 7.60 Å². The van der Waals surface area contributed by atoms with Crippen molar-refractivity contribution in [3.8, 4) is 0 Å². The van der Waals surface area contributed by atoms with Crippen molar-refractivity contribution in [1.29, 1.82) is 0 Å². The Bertz CT molecular complexity index is 771. The molecule has 2 heterocycles. The summed E-state index contributed by atoms with van der Waals surface area (Å²) in [5.74, 6) is 0. The van der Waals surface area contributed by atoms with E-state index in [2.05, 4.69) is 30.9 Å². The number of anilines is 2. The number of nitrogens with zero attached hydrogens (tertiary/aromatic N) is 1. The van der Waals surface area contributed by atoms with E-state index in [1.165, 1.54) is 0 Å². The second-order valence-corrected chi connectivity index (χ2v) is 9.44. The number of para-hydroxylation sites is 2. The second kappa shape index (κ2) is 5.45. The minimum atomic E-state index is -3.29. The van der Waals surface area contributed by atoms with Crippen LogP contribution >= 0.6 is 7.60 Å². The summed E-state index contributed by atoms with van der Waals surface area (Å²) in [6.45, 7) is 5.02. The van der Waals surface area contributed by atoms with E-state index in [4.69, 9.17) is 9.05 Å². The Morgan fingerprint density at radius 3 is 1.92 bits per heavy atom. The molecule has 2 aliphatic heterocycles. The van der Waals surface area contributed by atoms with Crippen LogP contribution in [0.25, 0.3) is 0 Å². The molecule has 1 fully saturated rings. The van der Waals surface area contributed by atoms with Crippen molar-refractivity contribution in [2.24, 2.45) is 5.41 Å². The highest BCUT2D eigenvalue weighted by atomic mass is 31.2. The molecular formula is C19H22NO3P. The zero-order valence-corrected chi connectivity index (χ0v) is 15.1. The van der Waals surface area contributed by atoms with Gasteiger partial charge in [-0.2, -0.15) is 0 Å². The van der Waals surface area contributed by atoms with Crippen molar-refractivity contribution in [3.63, 3.8) is 0 Å². The first-order valence-electron chi connectivity index (χ1n) is 8.22. The molecule has 0 spiro atoms. The van der Waals surface area contributed by atoms with Crippen molar-refractivity contribution >= 4 is 19.0 Å². The molecule has 0 radical (unpaired) electrons. The van der Waals surface area contributed by atoms with Crippen LogP contribution < -0.4 is 4.90 Å². The molecule has 126 valence electrons. The summed E-state index contributed by atoms with van der Waals surface area (Å²) in [7, 11) is -1.25. The van der Waals surface area contributed by atoms with E-state index >= 15 is 0 Å². The SMILES string of the molecule is CN1c2ccccc2C(P2(=O)OCC(C)(C)CO2)c2ccccc21. The van der Waals surface area contributed by atoms with Gasteiger partial charge in [0.2, 0.25) is 0 Å². The predicted molar refractivity (Wildman–Crippen MR) is 96.1 cm³/mol. The van der Waals surface area contributed by atoms with Gasteiger partial charge in [-0.05, 0) is 23.3 Å². The molecular weight excluding hydrogens is 321 g/mol. The van der Waals surface area contributed by atoms with E-state index in [-0.39, 0.29) is 11.1 Å². The first-order valence-corrected chi connectivity index (χ1v) is 9.83. The van der Waals surface area contributed by atoms with Gasteiger partial charge in [0.1, 0.15) is 5.66 Å². The van der Waals surface area contributed by atoms with Crippen LogP contribution in [-0.4, -0.2) is 20.3 Å². The van der Waals surface area contributed by atoms with Crippen LogP contribution in [0.2, 0.25) is 0 Å². The minimum Gasteiger partial charge on any atom is -0.344 e. The topological polar surface area (TPSA) is 38.8 Å². The molecule has 24 heavy (non-hydrogen) atoms. The molecule has 0 aliphatic carbocycles. The van der Waals surface area contributed by atoms with E-state index in [1.54, 1.807) is 0 Å². The van der Waals surface area contributed by atoms with E-state index in [0.717, 1.165) is 22.5 Å². The molecule has 5 heteroatoms. The van der Waals surface area contributed by atoms with Gasteiger partial charge in [0.05, 0.1) is 13.2 Å². The third-order valence-electron chi connectivity index (χ3n) is 4.77. The van der Waals surface area contributed by atoms with Gasteiger partial charge in [0, 0.05) is 23.8 Å². The Hall–Kier alpha value is -1.61. The Labute approximate surface area is 142 Å². The highest BCUT2D eigenvalue weighted by Crippen LogP contribution is 2.69. The highest BCUT2D eigenvalue weighted by Gasteiger charge is 2.47. The normalized spacial score (nSPS) is 21.9. The molecule has 2 aromatic rings. The molecule has 0 atom stereocenters. The number of rotatable bonds is 1. The van der Waals surface area contributed by atoms with Crippen molar-refractivity contribution in [3.05, 3.63) is 59.7 Å². The van der Waals surface area contributed by atoms with Crippen LogP contribution in [-0.2, 0) is 13.6 Å². The van der Waals surface area contributed by atoms with Crippen LogP contribution in [0.15, 0.2) is 48.5 Å². The Morgan fingerprint density at radius 1 is 0.958 bits per heavy atom. The summed E-state index contributed by atoms with van der Waals surface area (Å²) >= 11 is 0. The quantitative estimate of drug-likeness (QED) is 0.674. The molecule has 2 aliphatic rings. The maximum Gasteiger partial charge on any atom is 0.342 e. The lowest BCUT2D eigenvalue weighted by Crippen LogP contribution is -2.32. The van der Waals surface area contributed by atoms with Gasteiger partial charge in [-0.25, -0.2) is 0 Å². The maximum absolute atomic E-state index is 13.6. The van der Waals surface area contributed by atoms with Crippen molar-refractivity contribution < 1.29 is 13.6 Å². The van der Waals surface area contributed by atoms with Gasteiger partial charge in [0.15, 0.2) is 0 Å². The standard InChI is InChI=1S/C19H22NO3P/c1-19(2)12-22-24(21,23-13-19)18-14-8-4-6-10-16(14)20(3)17-11-7-5-9-15(17)18/h4-11,18H,12-13H2,1-3H3. The molecule has 0 aromatic heterocycles. The molecule has 0 saturated carbocycles. The Balaban J connectivity index is 1.87. The van der Waals surface area contributed by atoms with Crippen molar-refractivity contribution in [1.82, 2.24) is 0 Å². The van der Waals surface area contributed by atoms with Gasteiger partial charge in [-0.1, -0.05) is 50.2 Å². The van der Waals surface area contributed by atoms with Crippen LogP contribution in [0, 0.1) is 5.41 Å². The summed E-state index contributed by atoms with van der Waals surface area (Å²) in [5, 5.41) is 0. The molecule has 0 unspecified atom stereocenters. The monoisotopic (exact) mass is 343 g/mol. The first-order chi connectivity index (χ1) is 11.4. The lowest BCUT2D eigenvalue weighted by molar-refractivity contribution is 0.0391. The lowest BCUT2D eigenvalue weighted by atomic mass is 9.95. The molecule has 2 aromatic carbocycles. The largest absolute Gasteiger partial charge is 0.344 e. The fraction of sp³-hybridized carbons (Fsp3) is 0.368. The molecule has 4 rings (SSSR count). The first kappa shape index (κ1) is 15.9. The molecule has 1 saturated heterocycles. The third kappa shape index (κ3) is 2.41. The average molecular weight is 343 g/mol. The summed E-state index contributed by atoms with van der Waals surface area (Å²) in [4.78, 5) is 2.14. The minimum absolute atomic E-state index is 0.113. The summed E-state index contributed by atoms with van der Waals surface area (Å²) < 4.78 is 25.4. The van der Waals surface area contributed by atoms with Crippen molar-refractivity contribution in [2.45, 2.75) is 19.5 Å². The summed E-state index contributed by atoms with van der Waals surface area (Å²) in [6, 6.07) is 16.1. The van der Waals surface area contributed by atoms with Gasteiger partial charge < -0.3 is 13.9 Å².